The maximum atomic E-state index is 5.62. The molecule has 1 fully saturated rings. The molecule has 0 unspecified atom stereocenters. The number of aromatic nitrogens is 1. The van der Waals surface area contributed by atoms with E-state index in [9.17, 15) is 0 Å². The molecule has 0 spiro atoms. The Balaban J connectivity index is 1.89. The second-order valence-electron chi connectivity index (χ2n) is 4.37. The van der Waals surface area contributed by atoms with Crippen LogP contribution >= 0.6 is 0 Å². The largest absolute Gasteiger partial charge is 0.356 e. The minimum atomic E-state index is 0.647. The zero-order valence-corrected chi connectivity index (χ0v) is 9.13. The summed E-state index contributed by atoms with van der Waals surface area (Å²) in [5, 5.41) is 1.20. The maximum Gasteiger partial charge on any atom is 0.129 e. The normalized spacial score (nSPS) is 16.4. The number of nitrogens with two attached hydrogens (primary N) is 1. The topological polar surface area (TPSA) is 42.1 Å². The van der Waals surface area contributed by atoms with E-state index < -0.39 is 0 Å². The van der Waals surface area contributed by atoms with Crippen molar-refractivity contribution in [2.75, 3.05) is 24.5 Å². The van der Waals surface area contributed by atoms with E-state index >= 15 is 0 Å². The molecule has 16 heavy (non-hydrogen) atoms. The van der Waals surface area contributed by atoms with Crippen LogP contribution in [-0.4, -0.2) is 24.6 Å². The first-order valence-electron chi connectivity index (χ1n) is 5.67. The highest BCUT2D eigenvalue weighted by Crippen LogP contribution is 2.24. The quantitative estimate of drug-likeness (QED) is 0.824. The molecule has 2 N–H and O–H groups in total. The first-order chi connectivity index (χ1) is 7.86. The van der Waals surface area contributed by atoms with Gasteiger partial charge in [-0.25, -0.2) is 4.98 Å². The van der Waals surface area contributed by atoms with Crippen LogP contribution in [0.2, 0.25) is 0 Å². The summed E-state index contributed by atoms with van der Waals surface area (Å²) in [5.74, 6) is 1.72. The lowest BCUT2D eigenvalue weighted by Crippen LogP contribution is -2.50. The van der Waals surface area contributed by atoms with Gasteiger partial charge in [0, 0.05) is 24.4 Å². The molecule has 0 amide bonds. The minimum Gasteiger partial charge on any atom is -0.356 e. The van der Waals surface area contributed by atoms with E-state index in [1.807, 2.05) is 12.1 Å². The van der Waals surface area contributed by atoms with Gasteiger partial charge in [-0.1, -0.05) is 18.2 Å². The third-order valence-corrected chi connectivity index (χ3v) is 3.20. The number of nitrogens with zero attached hydrogens (tertiary/aromatic N) is 2. The average molecular weight is 213 g/mol. The second kappa shape index (κ2) is 3.76. The zero-order chi connectivity index (χ0) is 11.0. The summed E-state index contributed by atoms with van der Waals surface area (Å²) in [7, 11) is 0. The van der Waals surface area contributed by atoms with Crippen LogP contribution in [0.15, 0.2) is 36.4 Å². The molecule has 82 valence electrons. The van der Waals surface area contributed by atoms with Gasteiger partial charge in [-0.15, -0.1) is 0 Å². The number of rotatable bonds is 2. The first-order valence-corrected chi connectivity index (χ1v) is 5.67. The molecule has 1 aliphatic heterocycles. The van der Waals surface area contributed by atoms with Crippen molar-refractivity contribution in [3.05, 3.63) is 36.4 Å². The van der Waals surface area contributed by atoms with Crippen molar-refractivity contribution in [1.82, 2.24) is 4.98 Å². The Hall–Kier alpha value is -1.61. The molecular formula is C13H15N3. The van der Waals surface area contributed by atoms with E-state index in [-0.39, 0.29) is 0 Å². The smallest absolute Gasteiger partial charge is 0.129 e. The highest BCUT2D eigenvalue weighted by Gasteiger charge is 2.26. The summed E-state index contributed by atoms with van der Waals surface area (Å²) in [6.07, 6.45) is 0. The Morgan fingerprint density at radius 1 is 1.19 bits per heavy atom. The molecule has 0 saturated carbocycles. The molecular weight excluding hydrogens is 198 g/mol. The van der Waals surface area contributed by atoms with E-state index in [0.29, 0.717) is 5.92 Å². The third-order valence-electron chi connectivity index (χ3n) is 3.20. The molecule has 0 atom stereocenters. The van der Waals surface area contributed by atoms with E-state index in [2.05, 4.69) is 34.1 Å². The van der Waals surface area contributed by atoms with Gasteiger partial charge in [-0.3, -0.25) is 0 Å². The van der Waals surface area contributed by atoms with Gasteiger partial charge < -0.3 is 10.6 Å². The van der Waals surface area contributed by atoms with Gasteiger partial charge in [-0.05, 0) is 24.7 Å². The van der Waals surface area contributed by atoms with E-state index in [1.54, 1.807) is 0 Å². The highest BCUT2D eigenvalue weighted by molar-refractivity contribution is 5.80. The van der Waals surface area contributed by atoms with Gasteiger partial charge in [0.2, 0.25) is 0 Å². The standard InChI is InChI=1S/C13H15N3/c14-7-10-8-16(9-10)13-6-5-11-3-1-2-4-12(11)15-13/h1-6,10H,7-9,14H2. The lowest BCUT2D eigenvalue weighted by Gasteiger charge is -2.39. The van der Waals surface area contributed by atoms with Crippen LogP contribution in [0.3, 0.4) is 0 Å². The number of hydrogen-bond donors (Lipinski definition) is 1. The number of hydrogen-bond acceptors (Lipinski definition) is 3. The molecule has 3 rings (SSSR count). The lowest BCUT2D eigenvalue weighted by atomic mass is 10.0. The summed E-state index contributed by atoms with van der Waals surface area (Å²) in [4.78, 5) is 6.93. The van der Waals surface area contributed by atoms with Crippen molar-refractivity contribution in [1.29, 1.82) is 0 Å². The van der Waals surface area contributed by atoms with Gasteiger partial charge in [0.15, 0.2) is 0 Å². The molecule has 3 nitrogen and oxygen atoms in total. The van der Waals surface area contributed by atoms with Gasteiger partial charge >= 0.3 is 0 Å². The maximum absolute atomic E-state index is 5.62. The highest BCUT2D eigenvalue weighted by atomic mass is 15.2. The molecule has 1 aromatic heterocycles. The molecule has 0 bridgehead atoms. The van der Waals surface area contributed by atoms with Crippen LogP contribution < -0.4 is 10.6 Å². The molecule has 3 heteroatoms. The van der Waals surface area contributed by atoms with Gasteiger partial charge in [0.25, 0.3) is 0 Å². The summed E-state index contributed by atoms with van der Waals surface area (Å²) >= 11 is 0. The van der Waals surface area contributed by atoms with E-state index in [1.165, 1.54) is 5.39 Å². The Morgan fingerprint density at radius 2 is 2.00 bits per heavy atom. The first kappa shape index (κ1) is 9.60. The van der Waals surface area contributed by atoms with Crippen LogP contribution in [0.1, 0.15) is 0 Å². The lowest BCUT2D eigenvalue weighted by molar-refractivity contribution is 0.417. The van der Waals surface area contributed by atoms with Crippen LogP contribution in [0.25, 0.3) is 10.9 Å². The van der Waals surface area contributed by atoms with Gasteiger partial charge in [0.05, 0.1) is 5.52 Å². The number of benzene rings is 1. The molecule has 1 aliphatic rings. The van der Waals surface area contributed by atoms with Crippen molar-refractivity contribution < 1.29 is 0 Å². The fraction of sp³-hybridized carbons (Fsp3) is 0.308. The Morgan fingerprint density at radius 3 is 2.81 bits per heavy atom. The Bertz CT molecular complexity index is 503. The molecule has 2 heterocycles. The fourth-order valence-corrected chi connectivity index (χ4v) is 2.14. The number of pyridine rings is 1. The molecule has 1 aromatic carbocycles. The number of para-hydroxylation sites is 1. The molecule has 2 aromatic rings. The van der Waals surface area contributed by atoms with E-state index in [4.69, 9.17) is 5.73 Å². The van der Waals surface area contributed by atoms with Crippen molar-refractivity contribution in [3.63, 3.8) is 0 Å². The molecule has 0 aliphatic carbocycles. The van der Waals surface area contributed by atoms with Crippen LogP contribution in [0.5, 0.6) is 0 Å². The average Bonchev–Trinajstić information content (AvgIpc) is 2.27. The predicted octanol–water partition coefficient (Wildman–Crippen LogP) is 1.63. The van der Waals surface area contributed by atoms with Crippen molar-refractivity contribution in [2.24, 2.45) is 11.7 Å². The van der Waals surface area contributed by atoms with Gasteiger partial charge in [-0.2, -0.15) is 0 Å². The summed E-state index contributed by atoms with van der Waals surface area (Å²) in [5.41, 5.74) is 6.68. The van der Waals surface area contributed by atoms with E-state index in [0.717, 1.165) is 31.0 Å². The summed E-state index contributed by atoms with van der Waals surface area (Å²) in [6, 6.07) is 12.4. The monoisotopic (exact) mass is 213 g/mol. The van der Waals surface area contributed by atoms with Crippen molar-refractivity contribution >= 4 is 16.7 Å². The fourth-order valence-electron chi connectivity index (χ4n) is 2.14. The summed E-state index contributed by atoms with van der Waals surface area (Å²) < 4.78 is 0. The zero-order valence-electron chi connectivity index (χ0n) is 9.13. The third kappa shape index (κ3) is 1.53. The second-order valence-corrected chi connectivity index (χ2v) is 4.37. The number of fused-ring (bicyclic) bond motifs is 1. The Labute approximate surface area is 94.9 Å². The van der Waals surface area contributed by atoms with Gasteiger partial charge in [0.1, 0.15) is 5.82 Å². The summed E-state index contributed by atoms with van der Waals surface area (Å²) in [6.45, 7) is 2.87. The van der Waals surface area contributed by atoms with Crippen LogP contribution in [0, 0.1) is 5.92 Å². The van der Waals surface area contributed by atoms with Crippen LogP contribution in [-0.2, 0) is 0 Å². The predicted molar refractivity (Wildman–Crippen MR) is 66.5 cm³/mol. The van der Waals surface area contributed by atoms with Crippen molar-refractivity contribution in [3.8, 4) is 0 Å². The molecule has 1 saturated heterocycles. The number of anilines is 1. The molecule has 0 radical (unpaired) electrons. The SMILES string of the molecule is NCC1CN(c2ccc3ccccc3n2)C1. The van der Waals surface area contributed by atoms with Crippen molar-refractivity contribution in [2.45, 2.75) is 0 Å². The van der Waals surface area contributed by atoms with Crippen LogP contribution in [0.4, 0.5) is 5.82 Å². The Kier molecular flexibility index (Phi) is 2.26. The minimum absolute atomic E-state index is 0.647.